The van der Waals surface area contributed by atoms with Crippen molar-refractivity contribution in [1.82, 2.24) is 0 Å². The zero-order valence-corrected chi connectivity index (χ0v) is 21.2. The highest BCUT2D eigenvalue weighted by molar-refractivity contribution is 5.66. The summed E-state index contributed by atoms with van der Waals surface area (Å²) in [6, 6.07) is 0. The zero-order chi connectivity index (χ0) is 22.4. The Morgan fingerprint density at radius 2 is 1.87 bits per heavy atom. The number of hydrogen-bond donors (Lipinski definition) is 0. The third-order valence-electron chi connectivity index (χ3n) is 11.0. The fourth-order valence-electron chi connectivity index (χ4n) is 8.89. The average Bonchev–Trinajstić information content (AvgIpc) is 3.09. The van der Waals surface area contributed by atoms with Crippen LogP contribution in [0.25, 0.3) is 0 Å². The summed E-state index contributed by atoms with van der Waals surface area (Å²) in [4.78, 5) is 11.5. The molecule has 0 radical (unpaired) electrons. The van der Waals surface area contributed by atoms with E-state index in [0.29, 0.717) is 10.8 Å². The van der Waals surface area contributed by atoms with Crippen LogP contribution < -0.4 is 0 Å². The Balaban J connectivity index is 1.48. The van der Waals surface area contributed by atoms with Gasteiger partial charge in [0.05, 0.1) is 0 Å². The molecule has 9 atom stereocenters. The minimum absolute atomic E-state index is 0.115. The van der Waals surface area contributed by atoms with Crippen LogP contribution in [0.3, 0.4) is 0 Å². The molecule has 0 spiro atoms. The molecule has 176 valence electrons. The third-order valence-corrected chi connectivity index (χ3v) is 11.0. The Hall–Kier alpha value is -0.790. The summed E-state index contributed by atoms with van der Waals surface area (Å²) in [6.07, 6.45) is 17.2. The lowest BCUT2D eigenvalue weighted by atomic mass is 9.47. The first-order valence-electron chi connectivity index (χ1n) is 13.6. The van der Waals surface area contributed by atoms with Gasteiger partial charge in [-0.2, -0.15) is 0 Å². The van der Waals surface area contributed by atoms with Crippen molar-refractivity contribution in [2.75, 3.05) is 0 Å². The lowest BCUT2D eigenvalue weighted by molar-refractivity contribution is -0.148. The van der Waals surface area contributed by atoms with Gasteiger partial charge in [0.15, 0.2) is 0 Å². The second kappa shape index (κ2) is 8.86. The van der Waals surface area contributed by atoms with E-state index in [9.17, 15) is 4.79 Å². The zero-order valence-electron chi connectivity index (χ0n) is 21.2. The third kappa shape index (κ3) is 4.15. The Bertz CT molecular complexity index is 695. The first-order chi connectivity index (χ1) is 14.7. The van der Waals surface area contributed by atoms with Gasteiger partial charge in [0.25, 0.3) is 0 Å². The van der Waals surface area contributed by atoms with E-state index in [-0.39, 0.29) is 12.1 Å². The van der Waals surface area contributed by atoms with Gasteiger partial charge in [0.1, 0.15) is 6.10 Å². The normalized spacial score (nSPS) is 43.8. The molecule has 0 aliphatic heterocycles. The van der Waals surface area contributed by atoms with Gasteiger partial charge in [-0.25, -0.2) is 0 Å². The van der Waals surface area contributed by atoms with Gasteiger partial charge >= 0.3 is 5.97 Å². The second-order valence-electron chi connectivity index (χ2n) is 12.5. The predicted octanol–water partition coefficient (Wildman–Crippen LogP) is 7.96. The molecule has 0 unspecified atom stereocenters. The quantitative estimate of drug-likeness (QED) is 0.317. The Labute approximate surface area is 192 Å². The van der Waals surface area contributed by atoms with Crippen molar-refractivity contribution in [2.45, 2.75) is 118 Å². The van der Waals surface area contributed by atoms with Crippen LogP contribution in [0.15, 0.2) is 11.6 Å². The molecule has 0 N–H and O–H groups in total. The summed E-state index contributed by atoms with van der Waals surface area (Å²) in [5.74, 6) is 5.22. The SMILES string of the molecule is CC[C@@H](C)CC[C@@H](C)[C@H]1CC[C@H]2[C@@H]3CC=C4C[C@@H](OC(C)=O)CC[C@]4(C)[C@H]3CC[C@]12C. The van der Waals surface area contributed by atoms with E-state index in [1.54, 1.807) is 12.5 Å². The summed E-state index contributed by atoms with van der Waals surface area (Å²) in [7, 11) is 0. The van der Waals surface area contributed by atoms with E-state index in [1.807, 2.05) is 0 Å². The number of ether oxygens (including phenoxy) is 1. The highest BCUT2D eigenvalue weighted by Gasteiger charge is 2.59. The van der Waals surface area contributed by atoms with E-state index in [1.165, 1.54) is 57.8 Å². The van der Waals surface area contributed by atoms with E-state index in [4.69, 9.17) is 4.74 Å². The Morgan fingerprint density at radius 3 is 2.58 bits per heavy atom. The van der Waals surface area contributed by atoms with Crippen LogP contribution >= 0.6 is 0 Å². The van der Waals surface area contributed by atoms with Crippen LogP contribution in [0.2, 0.25) is 0 Å². The maximum Gasteiger partial charge on any atom is 0.302 e. The maximum absolute atomic E-state index is 11.5. The fourth-order valence-corrected chi connectivity index (χ4v) is 8.89. The second-order valence-corrected chi connectivity index (χ2v) is 12.5. The van der Waals surface area contributed by atoms with Crippen molar-refractivity contribution in [1.29, 1.82) is 0 Å². The van der Waals surface area contributed by atoms with Gasteiger partial charge in [-0.1, -0.05) is 65.5 Å². The van der Waals surface area contributed by atoms with Crippen LogP contribution in [0.1, 0.15) is 112 Å². The minimum atomic E-state index is -0.115. The molecule has 2 nitrogen and oxygen atoms in total. The van der Waals surface area contributed by atoms with Gasteiger partial charge in [-0.15, -0.1) is 0 Å². The number of hydrogen-bond acceptors (Lipinski definition) is 2. The molecule has 4 aliphatic carbocycles. The average molecular weight is 429 g/mol. The molecular formula is C29H48O2. The van der Waals surface area contributed by atoms with Crippen LogP contribution in [-0.4, -0.2) is 12.1 Å². The van der Waals surface area contributed by atoms with Crippen LogP contribution in [-0.2, 0) is 9.53 Å². The standard InChI is InChI=1S/C29H48O2/c1-7-19(2)8-9-20(3)25-12-13-26-24-11-10-22-18-23(31-21(4)30)14-16-28(22,5)27(24)15-17-29(25,26)6/h10,19-20,23-27H,7-9,11-18H2,1-6H3/t19-,20-,23+,24+,25-,26+,27+,28+,29-/m1/s1. The molecule has 31 heavy (non-hydrogen) atoms. The Morgan fingerprint density at radius 1 is 1.10 bits per heavy atom. The summed E-state index contributed by atoms with van der Waals surface area (Å²) in [6.45, 7) is 14.1. The number of carbonyl (C=O) groups excluding carboxylic acids is 1. The largest absolute Gasteiger partial charge is 0.462 e. The number of allylic oxidation sites excluding steroid dienone is 1. The number of rotatable bonds is 6. The number of esters is 1. The fraction of sp³-hybridized carbons (Fsp3) is 0.897. The number of carbonyl (C=O) groups is 1. The summed E-state index contributed by atoms with van der Waals surface area (Å²) >= 11 is 0. The van der Waals surface area contributed by atoms with Crippen LogP contribution in [0, 0.1) is 46.3 Å². The van der Waals surface area contributed by atoms with Gasteiger partial charge in [-0.3, -0.25) is 4.79 Å². The number of fused-ring (bicyclic) bond motifs is 5. The van der Waals surface area contributed by atoms with Crippen molar-refractivity contribution < 1.29 is 9.53 Å². The molecule has 3 fully saturated rings. The van der Waals surface area contributed by atoms with Crippen molar-refractivity contribution in [2.24, 2.45) is 46.3 Å². The summed E-state index contributed by atoms with van der Waals surface area (Å²) in [5, 5.41) is 0. The van der Waals surface area contributed by atoms with E-state index < -0.39 is 0 Å². The molecule has 0 aromatic heterocycles. The molecule has 4 aliphatic rings. The molecule has 2 heteroatoms. The first kappa shape index (κ1) is 23.4. The van der Waals surface area contributed by atoms with Gasteiger partial charge in [0.2, 0.25) is 0 Å². The smallest absolute Gasteiger partial charge is 0.302 e. The van der Waals surface area contributed by atoms with E-state index >= 15 is 0 Å². The van der Waals surface area contributed by atoms with Crippen molar-refractivity contribution in [3.63, 3.8) is 0 Å². The molecule has 0 heterocycles. The lowest BCUT2D eigenvalue weighted by Crippen LogP contribution is -2.51. The summed E-state index contributed by atoms with van der Waals surface area (Å²) in [5.41, 5.74) is 2.53. The molecule has 0 aromatic rings. The predicted molar refractivity (Wildman–Crippen MR) is 129 cm³/mol. The van der Waals surface area contributed by atoms with Crippen molar-refractivity contribution in [3.8, 4) is 0 Å². The topological polar surface area (TPSA) is 26.3 Å². The van der Waals surface area contributed by atoms with Crippen molar-refractivity contribution in [3.05, 3.63) is 11.6 Å². The maximum atomic E-state index is 11.5. The Kier molecular flexibility index (Phi) is 6.68. The highest BCUT2D eigenvalue weighted by Crippen LogP contribution is 2.67. The molecule has 4 rings (SSSR count). The lowest BCUT2D eigenvalue weighted by Gasteiger charge is -2.58. The van der Waals surface area contributed by atoms with E-state index in [0.717, 1.165) is 48.3 Å². The van der Waals surface area contributed by atoms with Crippen LogP contribution in [0.5, 0.6) is 0 Å². The van der Waals surface area contributed by atoms with Gasteiger partial charge < -0.3 is 4.74 Å². The molecule has 0 bridgehead atoms. The molecule has 0 aromatic carbocycles. The highest BCUT2D eigenvalue weighted by atomic mass is 16.5. The van der Waals surface area contributed by atoms with Gasteiger partial charge in [-0.05, 0) is 91.3 Å². The monoisotopic (exact) mass is 428 g/mol. The molecule has 0 amide bonds. The van der Waals surface area contributed by atoms with E-state index in [2.05, 4.69) is 40.7 Å². The molecule has 3 saturated carbocycles. The van der Waals surface area contributed by atoms with Crippen molar-refractivity contribution >= 4 is 5.97 Å². The molecular weight excluding hydrogens is 380 g/mol. The summed E-state index contributed by atoms with van der Waals surface area (Å²) < 4.78 is 5.62. The van der Waals surface area contributed by atoms with Crippen LogP contribution in [0.4, 0.5) is 0 Å². The van der Waals surface area contributed by atoms with Gasteiger partial charge in [0, 0.05) is 13.3 Å². The molecule has 0 saturated heterocycles. The first-order valence-corrected chi connectivity index (χ1v) is 13.6. The minimum Gasteiger partial charge on any atom is -0.462 e.